The van der Waals surface area contributed by atoms with Crippen molar-refractivity contribution >= 4 is 22.5 Å². The molecule has 0 radical (unpaired) electrons. The molecule has 0 saturated heterocycles. The van der Waals surface area contributed by atoms with Gasteiger partial charge in [0, 0.05) is 29.8 Å². The molecule has 0 bridgehead atoms. The average molecular weight is 438 g/mol. The lowest BCUT2D eigenvalue weighted by Crippen LogP contribution is -2.15. The Morgan fingerprint density at radius 3 is 2.70 bits per heavy atom. The number of nitrogens with one attached hydrogen (secondary N) is 3. The van der Waals surface area contributed by atoms with Crippen LogP contribution >= 0.6 is 0 Å². The number of carbonyl (C=O) groups is 1. The second kappa shape index (κ2) is 9.00. The molecule has 7 heteroatoms. The number of H-pyrrole nitrogens is 2. The molecule has 0 atom stereocenters. The van der Waals surface area contributed by atoms with Crippen LogP contribution in [0, 0.1) is 0 Å². The summed E-state index contributed by atoms with van der Waals surface area (Å²) in [5, 5.41) is 8.17. The number of pyridine rings is 1. The highest BCUT2D eigenvalue weighted by Gasteiger charge is 2.12. The second-order valence-corrected chi connectivity index (χ2v) is 7.94. The van der Waals surface area contributed by atoms with Gasteiger partial charge in [-0.2, -0.15) is 5.10 Å². The average Bonchev–Trinajstić information content (AvgIpc) is 3.48. The molecule has 1 amide bonds. The Hall–Kier alpha value is -4.39. The summed E-state index contributed by atoms with van der Waals surface area (Å²) in [4.78, 5) is 31.1. The van der Waals surface area contributed by atoms with Crippen LogP contribution in [0.3, 0.4) is 0 Å². The van der Waals surface area contributed by atoms with E-state index in [4.69, 9.17) is 0 Å². The Kier molecular flexibility index (Phi) is 5.59. The molecule has 0 saturated carbocycles. The summed E-state index contributed by atoms with van der Waals surface area (Å²) in [6, 6.07) is 21.7. The summed E-state index contributed by atoms with van der Waals surface area (Å²) in [5.41, 5.74) is 4.12. The highest BCUT2D eigenvalue weighted by molar-refractivity contribution is 6.04. The number of rotatable bonds is 7. The van der Waals surface area contributed by atoms with Gasteiger partial charge >= 0.3 is 0 Å². The third-order valence-electron chi connectivity index (χ3n) is 5.57. The van der Waals surface area contributed by atoms with Crippen molar-refractivity contribution in [2.24, 2.45) is 0 Å². The molecule has 0 aliphatic carbocycles. The van der Waals surface area contributed by atoms with E-state index in [-0.39, 0.29) is 11.5 Å². The SMILES string of the molecule is O=C(Nc1c[nH]c(=O)c(-c2cc3ccccc3[nH]2)c1)c1cnn(CCCc2ccccc2)c1. The Morgan fingerprint density at radius 1 is 1.03 bits per heavy atom. The van der Waals surface area contributed by atoms with E-state index >= 15 is 0 Å². The summed E-state index contributed by atoms with van der Waals surface area (Å²) < 4.78 is 1.78. The molecule has 3 aromatic heterocycles. The van der Waals surface area contributed by atoms with Crippen LogP contribution in [-0.4, -0.2) is 25.7 Å². The number of anilines is 1. The van der Waals surface area contributed by atoms with Crippen LogP contribution in [0.1, 0.15) is 22.3 Å². The Morgan fingerprint density at radius 2 is 1.85 bits per heavy atom. The molecule has 5 rings (SSSR count). The third-order valence-corrected chi connectivity index (χ3v) is 5.57. The minimum atomic E-state index is -0.279. The molecule has 7 nitrogen and oxygen atoms in total. The maximum absolute atomic E-state index is 12.7. The van der Waals surface area contributed by atoms with Crippen molar-refractivity contribution in [2.75, 3.05) is 5.32 Å². The Bertz CT molecular complexity index is 1430. The summed E-state index contributed by atoms with van der Waals surface area (Å²) in [5.74, 6) is -0.279. The standard InChI is InChI=1S/C26H23N5O2/c32-25(20-15-28-31(17-20)12-6-9-18-7-2-1-3-8-18)29-21-14-22(26(33)27-16-21)24-13-19-10-4-5-11-23(19)30-24/h1-5,7-8,10-11,13-17,30H,6,9,12H2,(H,27,33)(H,29,32). The minimum absolute atomic E-state index is 0.231. The van der Waals surface area contributed by atoms with Gasteiger partial charge in [0.2, 0.25) is 0 Å². The van der Waals surface area contributed by atoms with Crippen LogP contribution < -0.4 is 10.9 Å². The van der Waals surface area contributed by atoms with Gasteiger partial charge in [-0.1, -0.05) is 48.5 Å². The number of fused-ring (bicyclic) bond motifs is 1. The van der Waals surface area contributed by atoms with Gasteiger partial charge in [0.25, 0.3) is 11.5 Å². The second-order valence-electron chi connectivity index (χ2n) is 7.94. The van der Waals surface area contributed by atoms with Crippen LogP contribution in [-0.2, 0) is 13.0 Å². The smallest absolute Gasteiger partial charge is 0.258 e. The van der Waals surface area contributed by atoms with Gasteiger partial charge < -0.3 is 15.3 Å². The van der Waals surface area contributed by atoms with Gasteiger partial charge in [-0.15, -0.1) is 0 Å². The normalized spacial score (nSPS) is 11.0. The fraction of sp³-hybridized carbons (Fsp3) is 0.115. The Balaban J connectivity index is 1.26. The van der Waals surface area contributed by atoms with E-state index in [2.05, 4.69) is 32.5 Å². The number of hydrogen-bond acceptors (Lipinski definition) is 3. The summed E-state index contributed by atoms with van der Waals surface area (Å²) in [6.45, 7) is 0.728. The number of aryl methyl sites for hydroxylation is 2. The third kappa shape index (κ3) is 4.62. The van der Waals surface area contributed by atoms with Crippen molar-refractivity contribution in [1.82, 2.24) is 19.7 Å². The fourth-order valence-corrected chi connectivity index (χ4v) is 3.87. The van der Waals surface area contributed by atoms with E-state index in [1.54, 1.807) is 23.1 Å². The van der Waals surface area contributed by atoms with Crippen molar-refractivity contribution in [3.8, 4) is 11.3 Å². The van der Waals surface area contributed by atoms with Crippen LogP contribution in [0.25, 0.3) is 22.2 Å². The lowest BCUT2D eigenvalue weighted by Gasteiger charge is -2.05. The molecule has 5 aromatic rings. The van der Waals surface area contributed by atoms with Crippen LogP contribution in [0.4, 0.5) is 5.69 Å². The molecule has 0 aliphatic heterocycles. The molecular weight excluding hydrogens is 414 g/mol. The van der Waals surface area contributed by atoms with Crippen molar-refractivity contribution in [3.05, 3.63) is 107 Å². The highest BCUT2D eigenvalue weighted by atomic mass is 16.1. The van der Waals surface area contributed by atoms with E-state index < -0.39 is 0 Å². The lowest BCUT2D eigenvalue weighted by molar-refractivity contribution is 0.102. The van der Waals surface area contributed by atoms with Crippen molar-refractivity contribution < 1.29 is 4.79 Å². The first kappa shape index (κ1) is 20.5. The predicted octanol–water partition coefficient (Wildman–Crippen LogP) is 4.60. The van der Waals surface area contributed by atoms with Gasteiger partial charge in [0.1, 0.15) is 0 Å². The monoisotopic (exact) mass is 437 g/mol. The van der Waals surface area contributed by atoms with Gasteiger partial charge in [0.05, 0.1) is 28.7 Å². The van der Waals surface area contributed by atoms with Crippen LogP contribution in [0.5, 0.6) is 0 Å². The van der Waals surface area contributed by atoms with Crippen molar-refractivity contribution in [3.63, 3.8) is 0 Å². The number of carbonyl (C=O) groups excluding carboxylic acids is 1. The van der Waals surface area contributed by atoms with Gasteiger partial charge in [-0.25, -0.2) is 0 Å². The quantitative estimate of drug-likeness (QED) is 0.347. The van der Waals surface area contributed by atoms with Gasteiger partial charge in [-0.3, -0.25) is 14.3 Å². The first-order chi connectivity index (χ1) is 16.2. The summed E-state index contributed by atoms with van der Waals surface area (Å²) >= 11 is 0. The zero-order valence-electron chi connectivity index (χ0n) is 17.9. The first-order valence-corrected chi connectivity index (χ1v) is 10.8. The molecule has 2 aromatic carbocycles. The molecule has 33 heavy (non-hydrogen) atoms. The first-order valence-electron chi connectivity index (χ1n) is 10.8. The molecule has 0 unspecified atom stereocenters. The van der Waals surface area contributed by atoms with Crippen molar-refractivity contribution in [2.45, 2.75) is 19.4 Å². The zero-order valence-corrected chi connectivity index (χ0v) is 17.9. The number of benzene rings is 2. The number of nitrogens with zero attached hydrogens (tertiary/aromatic N) is 2. The number of aromatic amines is 2. The highest BCUT2D eigenvalue weighted by Crippen LogP contribution is 2.23. The van der Waals surface area contributed by atoms with E-state index in [0.29, 0.717) is 22.5 Å². The molecule has 0 spiro atoms. The molecule has 3 heterocycles. The summed E-state index contributed by atoms with van der Waals surface area (Å²) in [7, 11) is 0. The number of aromatic nitrogens is 4. The lowest BCUT2D eigenvalue weighted by atomic mass is 10.1. The van der Waals surface area contributed by atoms with Crippen molar-refractivity contribution in [1.29, 1.82) is 0 Å². The predicted molar refractivity (Wildman–Crippen MR) is 129 cm³/mol. The maximum atomic E-state index is 12.7. The fourth-order valence-electron chi connectivity index (χ4n) is 3.87. The zero-order chi connectivity index (χ0) is 22.6. The molecule has 3 N–H and O–H groups in total. The van der Waals surface area contributed by atoms with E-state index in [9.17, 15) is 9.59 Å². The molecular formula is C26H23N5O2. The minimum Gasteiger partial charge on any atom is -0.354 e. The largest absolute Gasteiger partial charge is 0.354 e. The number of para-hydroxylation sites is 1. The van der Waals surface area contributed by atoms with Crippen LogP contribution in [0.15, 0.2) is 90.1 Å². The Labute approximate surface area is 190 Å². The van der Waals surface area contributed by atoms with Gasteiger partial charge in [0.15, 0.2) is 0 Å². The molecule has 164 valence electrons. The molecule has 0 aliphatic rings. The summed E-state index contributed by atoms with van der Waals surface area (Å²) in [6.07, 6.45) is 6.68. The maximum Gasteiger partial charge on any atom is 0.258 e. The molecule has 0 fully saturated rings. The number of hydrogen-bond donors (Lipinski definition) is 3. The van der Waals surface area contributed by atoms with Crippen LogP contribution in [0.2, 0.25) is 0 Å². The van der Waals surface area contributed by atoms with Gasteiger partial charge in [-0.05, 0) is 36.6 Å². The topological polar surface area (TPSA) is 95.6 Å². The van der Waals surface area contributed by atoms with E-state index in [1.165, 1.54) is 11.8 Å². The van der Waals surface area contributed by atoms with E-state index in [0.717, 1.165) is 30.3 Å². The van der Waals surface area contributed by atoms with E-state index in [1.807, 2.05) is 48.5 Å². The number of amides is 1.